The van der Waals surface area contributed by atoms with E-state index < -0.39 is 10.0 Å². The number of nitrogens with one attached hydrogen (secondary N) is 1. The van der Waals surface area contributed by atoms with Gasteiger partial charge in [0.2, 0.25) is 0 Å². The van der Waals surface area contributed by atoms with E-state index in [-0.39, 0.29) is 4.90 Å². The Bertz CT molecular complexity index is 1360. The fourth-order valence-electron chi connectivity index (χ4n) is 3.82. The molecular weight excluding hydrogens is 456 g/mol. The highest BCUT2D eigenvalue weighted by Gasteiger charge is 2.22. The van der Waals surface area contributed by atoms with Crippen LogP contribution in [-0.4, -0.2) is 49.6 Å². The van der Waals surface area contributed by atoms with Gasteiger partial charge in [-0.25, -0.2) is 18.4 Å². The lowest BCUT2D eigenvalue weighted by atomic mass is 10.1. The Hall–Kier alpha value is -2.85. The summed E-state index contributed by atoms with van der Waals surface area (Å²) in [5, 5.41) is 2.73. The summed E-state index contributed by atoms with van der Waals surface area (Å²) in [4.78, 5) is 12.7. The van der Waals surface area contributed by atoms with Crippen LogP contribution in [0, 0.1) is 6.92 Å². The maximum absolute atomic E-state index is 13.2. The predicted octanol–water partition coefficient (Wildman–Crippen LogP) is 4.30. The van der Waals surface area contributed by atoms with Crippen LogP contribution >= 0.6 is 11.3 Å². The molecule has 33 heavy (non-hydrogen) atoms. The Morgan fingerprint density at radius 3 is 2.48 bits per heavy atom. The van der Waals surface area contributed by atoms with Crippen LogP contribution in [0.25, 0.3) is 21.3 Å². The minimum Gasteiger partial charge on any atom is -0.379 e. The van der Waals surface area contributed by atoms with Crippen molar-refractivity contribution in [1.29, 1.82) is 0 Å². The number of rotatable bonds is 6. The van der Waals surface area contributed by atoms with Crippen LogP contribution in [0.3, 0.4) is 0 Å². The standard InChI is InChI=1S/C24H24N4O3S2/c1-17-7-9-19(10-8-17)33(29,30)27-23-22-20(18-5-3-2-4-6-18)16-32-24(22)26-21(25-23)15-28-11-13-31-14-12-28/h2-10,16H,11-15H2,1H3,(H,25,26,27). The lowest BCUT2D eigenvalue weighted by Crippen LogP contribution is -2.36. The van der Waals surface area contributed by atoms with Crippen LogP contribution in [0.1, 0.15) is 11.4 Å². The molecule has 0 amide bonds. The first-order valence-electron chi connectivity index (χ1n) is 10.7. The first kappa shape index (κ1) is 22.0. The first-order valence-corrected chi connectivity index (χ1v) is 13.1. The summed E-state index contributed by atoms with van der Waals surface area (Å²) in [6.07, 6.45) is 0. The molecule has 2 aromatic heterocycles. The summed E-state index contributed by atoms with van der Waals surface area (Å²) < 4.78 is 34.7. The lowest BCUT2D eigenvalue weighted by Gasteiger charge is -2.25. The molecule has 0 saturated carbocycles. The number of benzene rings is 2. The first-order chi connectivity index (χ1) is 16.0. The molecule has 1 aliphatic rings. The fourth-order valence-corrected chi connectivity index (χ4v) is 5.80. The zero-order valence-corrected chi connectivity index (χ0v) is 19.8. The second-order valence-electron chi connectivity index (χ2n) is 7.99. The maximum Gasteiger partial charge on any atom is 0.263 e. The Labute approximate surface area is 197 Å². The van der Waals surface area contributed by atoms with Gasteiger partial charge in [0, 0.05) is 24.0 Å². The number of thiophene rings is 1. The highest BCUT2D eigenvalue weighted by molar-refractivity contribution is 7.92. The number of sulfonamides is 1. The molecule has 7 nitrogen and oxygen atoms in total. The summed E-state index contributed by atoms with van der Waals surface area (Å²) in [5.74, 6) is 0.899. The van der Waals surface area contributed by atoms with Crippen molar-refractivity contribution in [2.45, 2.75) is 18.4 Å². The highest BCUT2D eigenvalue weighted by atomic mass is 32.2. The van der Waals surface area contributed by atoms with Gasteiger partial charge in [-0.3, -0.25) is 9.62 Å². The van der Waals surface area contributed by atoms with Gasteiger partial charge in [0.25, 0.3) is 10.0 Å². The van der Waals surface area contributed by atoms with Crippen LogP contribution in [0.5, 0.6) is 0 Å². The maximum atomic E-state index is 13.2. The van der Waals surface area contributed by atoms with E-state index in [2.05, 4.69) is 9.62 Å². The summed E-state index contributed by atoms with van der Waals surface area (Å²) in [5.41, 5.74) is 2.90. The van der Waals surface area contributed by atoms with Crippen LogP contribution < -0.4 is 4.72 Å². The molecule has 0 unspecified atom stereocenters. The summed E-state index contributed by atoms with van der Waals surface area (Å²) >= 11 is 1.49. The molecule has 0 radical (unpaired) electrons. The fraction of sp³-hybridized carbons (Fsp3) is 0.250. The average Bonchev–Trinajstić information content (AvgIpc) is 3.25. The monoisotopic (exact) mass is 480 g/mol. The van der Waals surface area contributed by atoms with E-state index in [0.29, 0.717) is 36.8 Å². The van der Waals surface area contributed by atoms with Gasteiger partial charge in [-0.1, -0.05) is 48.0 Å². The molecule has 1 N–H and O–H groups in total. The Kier molecular flexibility index (Phi) is 6.11. The van der Waals surface area contributed by atoms with E-state index in [4.69, 9.17) is 14.7 Å². The molecule has 4 aromatic rings. The zero-order chi connectivity index (χ0) is 22.8. The van der Waals surface area contributed by atoms with Gasteiger partial charge in [0.1, 0.15) is 10.7 Å². The molecule has 1 fully saturated rings. The molecule has 5 rings (SSSR count). The SMILES string of the molecule is Cc1ccc(S(=O)(=O)Nc2nc(CN3CCOCC3)nc3scc(-c4ccccc4)c23)cc1. The third-order valence-electron chi connectivity index (χ3n) is 5.60. The number of hydrogen-bond acceptors (Lipinski definition) is 7. The Balaban J connectivity index is 1.60. The third-order valence-corrected chi connectivity index (χ3v) is 7.82. The molecule has 0 bridgehead atoms. The van der Waals surface area contributed by atoms with Crippen LogP contribution in [0.4, 0.5) is 5.82 Å². The third kappa shape index (κ3) is 4.77. The van der Waals surface area contributed by atoms with E-state index in [1.165, 1.54) is 11.3 Å². The second kappa shape index (κ2) is 9.18. The van der Waals surface area contributed by atoms with E-state index >= 15 is 0 Å². The van der Waals surface area contributed by atoms with Crippen LogP contribution in [-0.2, 0) is 21.3 Å². The molecule has 9 heteroatoms. The van der Waals surface area contributed by atoms with Gasteiger partial charge in [0.15, 0.2) is 5.82 Å². The van der Waals surface area contributed by atoms with Crippen molar-refractivity contribution in [3.8, 4) is 11.1 Å². The molecule has 3 heterocycles. The van der Waals surface area contributed by atoms with E-state index in [1.54, 1.807) is 24.3 Å². The normalized spacial score (nSPS) is 15.1. The predicted molar refractivity (Wildman–Crippen MR) is 131 cm³/mol. The molecule has 1 aliphatic heterocycles. The summed E-state index contributed by atoms with van der Waals surface area (Å²) in [6.45, 7) is 5.40. The van der Waals surface area contributed by atoms with Gasteiger partial charge in [-0.15, -0.1) is 11.3 Å². The number of aryl methyl sites for hydroxylation is 1. The topological polar surface area (TPSA) is 84.4 Å². The van der Waals surface area contributed by atoms with Crippen molar-refractivity contribution < 1.29 is 13.2 Å². The highest BCUT2D eigenvalue weighted by Crippen LogP contribution is 2.37. The summed E-state index contributed by atoms with van der Waals surface area (Å²) in [7, 11) is -3.82. The molecule has 0 spiro atoms. The van der Waals surface area contributed by atoms with Crippen LogP contribution in [0.2, 0.25) is 0 Å². The molecule has 0 aliphatic carbocycles. The van der Waals surface area contributed by atoms with Crippen molar-refractivity contribution in [2.75, 3.05) is 31.0 Å². The van der Waals surface area contributed by atoms with Crippen molar-refractivity contribution in [2.24, 2.45) is 0 Å². The van der Waals surface area contributed by atoms with Gasteiger partial charge in [0.05, 0.1) is 30.0 Å². The van der Waals surface area contributed by atoms with E-state index in [9.17, 15) is 8.42 Å². The Morgan fingerprint density at radius 1 is 1.03 bits per heavy atom. The van der Waals surface area contributed by atoms with Crippen LogP contribution in [0.15, 0.2) is 64.9 Å². The summed E-state index contributed by atoms with van der Waals surface area (Å²) in [6, 6.07) is 16.7. The van der Waals surface area contributed by atoms with Gasteiger partial charge >= 0.3 is 0 Å². The number of fused-ring (bicyclic) bond motifs is 1. The number of aromatic nitrogens is 2. The largest absolute Gasteiger partial charge is 0.379 e. The number of morpholine rings is 1. The molecule has 1 saturated heterocycles. The minimum absolute atomic E-state index is 0.200. The zero-order valence-electron chi connectivity index (χ0n) is 18.2. The molecule has 0 atom stereocenters. The quantitative estimate of drug-likeness (QED) is 0.443. The van der Waals surface area contributed by atoms with Gasteiger partial charge in [-0.05, 0) is 24.6 Å². The van der Waals surface area contributed by atoms with E-state index in [1.807, 2.05) is 42.6 Å². The second-order valence-corrected chi connectivity index (χ2v) is 10.5. The number of hydrogen-bond donors (Lipinski definition) is 1. The Morgan fingerprint density at radius 2 is 1.76 bits per heavy atom. The van der Waals surface area contributed by atoms with Crippen molar-refractivity contribution in [3.05, 3.63) is 71.4 Å². The lowest BCUT2D eigenvalue weighted by molar-refractivity contribution is 0.0331. The molecular formula is C24H24N4O3S2. The number of nitrogens with zero attached hydrogens (tertiary/aromatic N) is 3. The number of ether oxygens (including phenoxy) is 1. The average molecular weight is 481 g/mol. The van der Waals surface area contributed by atoms with Crippen molar-refractivity contribution in [3.63, 3.8) is 0 Å². The number of anilines is 1. The molecule has 2 aromatic carbocycles. The smallest absolute Gasteiger partial charge is 0.263 e. The van der Waals surface area contributed by atoms with E-state index in [0.717, 1.165) is 34.6 Å². The van der Waals surface area contributed by atoms with Gasteiger partial charge in [-0.2, -0.15) is 0 Å². The van der Waals surface area contributed by atoms with Crippen molar-refractivity contribution >= 4 is 37.4 Å². The molecule has 170 valence electrons. The van der Waals surface area contributed by atoms with Gasteiger partial charge < -0.3 is 4.74 Å². The van der Waals surface area contributed by atoms with Crippen molar-refractivity contribution in [1.82, 2.24) is 14.9 Å². The minimum atomic E-state index is -3.82.